The van der Waals surface area contributed by atoms with Crippen LogP contribution in [0.4, 0.5) is 34.1 Å². The lowest BCUT2D eigenvalue weighted by atomic mass is 10.0. The molecule has 0 unspecified atom stereocenters. The molecule has 0 aliphatic rings. The average molecular weight is 1200 g/mol. The summed E-state index contributed by atoms with van der Waals surface area (Å²) in [5, 5.41) is 7.11. The van der Waals surface area contributed by atoms with Gasteiger partial charge in [0, 0.05) is 56.3 Å². The number of hydrogen-bond donors (Lipinski definition) is 0. The van der Waals surface area contributed by atoms with Gasteiger partial charge in [-0.3, -0.25) is 0 Å². The zero-order chi connectivity index (χ0) is 62.3. The predicted octanol–water partition coefficient (Wildman–Crippen LogP) is 24.8. The molecular formula is C90H62N4. The first-order valence-electron chi connectivity index (χ1n) is 32.2. The molecule has 17 rings (SSSR count). The van der Waals surface area contributed by atoms with Crippen molar-refractivity contribution in [1.29, 1.82) is 0 Å². The molecule has 0 saturated carbocycles. The van der Waals surface area contributed by atoms with Gasteiger partial charge in [-0.2, -0.15) is 0 Å². The number of fused-ring (bicyclic) bond motifs is 4. The summed E-state index contributed by atoms with van der Waals surface area (Å²) in [5.41, 5.74) is 24.8. The Morgan fingerprint density at radius 3 is 0.681 bits per heavy atom. The smallest absolute Gasteiger partial charge is 0.0542 e. The second-order valence-corrected chi connectivity index (χ2v) is 24.2. The molecule has 0 saturated heterocycles. The number of rotatable bonds is 14. The van der Waals surface area contributed by atoms with Gasteiger partial charge >= 0.3 is 0 Å². The fourth-order valence-electron chi connectivity index (χ4n) is 13.7. The molecular weight excluding hydrogens is 1140 g/mol. The fraction of sp³-hybridized carbons (Fsp3) is 0. The fourth-order valence-corrected chi connectivity index (χ4v) is 13.7. The van der Waals surface area contributed by atoms with Gasteiger partial charge in [0.05, 0.1) is 22.4 Å². The number of aromatic nitrogens is 2. The summed E-state index contributed by atoms with van der Waals surface area (Å²) in [4.78, 5) is 4.73. The van der Waals surface area contributed by atoms with Crippen molar-refractivity contribution in [2.75, 3.05) is 9.80 Å². The van der Waals surface area contributed by atoms with Crippen molar-refractivity contribution in [3.63, 3.8) is 0 Å². The molecule has 4 heteroatoms. The summed E-state index contributed by atoms with van der Waals surface area (Å²) in [5.74, 6) is 0. The lowest BCUT2D eigenvalue weighted by Gasteiger charge is -2.26. The van der Waals surface area contributed by atoms with E-state index in [4.69, 9.17) is 0 Å². The van der Waals surface area contributed by atoms with Crippen LogP contribution in [0.1, 0.15) is 0 Å². The first-order valence-corrected chi connectivity index (χ1v) is 32.2. The molecule has 0 N–H and O–H groups in total. The van der Waals surface area contributed by atoms with E-state index in [1.807, 2.05) is 0 Å². The summed E-state index contributed by atoms with van der Waals surface area (Å²) >= 11 is 0. The topological polar surface area (TPSA) is 16.3 Å². The van der Waals surface area contributed by atoms with Crippen LogP contribution in [0.3, 0.4) is 0 Å². The standard InChI is InChI=1S/C90H62N4/c1-5-17-63(18-6-1)69-33-41-79(42-34-69)91(80-43-35-70(36-44-80)64-19-7-2-8-20-64)83-49-53-85(54-50-83)93-87(75-31-29-67-25-13-15-27-73(67)57-75)59-77-62-90-78(61-89(77)93)60-88(76-32-30-68-26-14-16-28-74(68)58-76)94(90)86-55-51-84(52-56-86)92(81-45-37-71(38-46-81)65-21-9-3-10-22-65)82-47-39-72(40-48-82)66-23-11-4-12-24-66/h1-62H. The van der Waals surface area contributed by atoms with Gasteiger partial charge in [-0.05, 0) is 211 Å². The molecule has 0 radical (unpaired) electrons. The van der Waals surface area contributed by atoms with Crippen LogP contribution >= 0.6 is 0 Å². The Hall–Kier alpha value is -12.5. The van der Waals surface area contributed by atoms with Crippen LogP contribution in [0.2, 0.25) is 0 Å². The molecule has 0 spiro atoms. The molecule has 0 aliphatic heterocycles. The molecule has 2 aromatic heterocycles. The Balaban J connectivity index is 0.806. The second-order valence-electron chi connectivity index (χ2n) is 24.2. The van der Waals surface area contributed by atoms with Gasteiger partial charge < -0.3 is 18.9 Å². The van der Waals surface area contributed by atoms with Crippen molar-refractivity contribution in [2.45, 2.75) is 0 Å². The molecule has 0 atom stereocenters. The molecule has 17 aromatic rings. The first-order chi connectivity index (χ1) is 46.6. The highest BCUT2D eigenvalue weighted by Gasteiger charge is 2.22. The van der Waals surface area contributed by atoms with E-state index in [1.54, 1.807) is 0 Å². The van der Waals surface area contributed by atoms with E-state index in [0.29, 0.717) is 0 Å². The SMILES string of the molecule is c1ccc(-c2ccc(N(c3ccc(-c4ccccc4)cc3)c3ccc(-n4c(-c5ccc6ccccc6c5)cc5cc6c(cc(-c7ccc8ccccc8c7)n6-c6ccc(N(c7ccc(-c8ccccc8)cc7)c7ccc(-c8ccccc8)cc7)cc6)cc54)cc3)cc2)cc1. The molecule has 4 nitrogen and oxygen atoms in total. The van der Waals surface area contributed by atoms with Crippen molar-refractivity contribution in [1.82, 2.24) is 9.13 Å². The number of benzene rings is 15. The summed E-state index contributed by atoms with van der Waals surface area (Å²) < 4.78 is 4.93. The van der Waals surface area contributed by atoms with Crippen molar-refractivity contribution in [2.24, 2.45) is 0 Å². The van der Waals surface area contributed by atoms with E-state index in [9.17, 15) is 0 Å². The summed E-state index contributed by atoms with van der Waals surface area (Å²) in [6, 6.07) is 137. The molecule has 0 bridgehead atoms. The van der Waals surface area contributed by atoms with E-state index in [-0.39, 0.29) is 0 Å². The largest absolute Gasteiger partial charge is 0.311 e. The lowest BCUT2D eigenvalue weighted by Crippen LogP contribution is -2.10. The van der Waals surface area contributed by atoms with E-state index in [2.05, 4.69) is 395 Å². The molecule has 0 fully saturated rings. The van der Waals surface area contributed by atoms with Gasteiger partial charge in [-0.15, -0.1) is 0 Å². The Labute approximate surface area is 547 Å². The average Bonchev–Trinajstić information content (AvgIpc) is 1.57. The number of hydrogen-bond acceptors (Lipinski definition) is 2. The minimum absolute atomic E-state index is 1.06. The monoisotopic (exact) mass is 1200 g/mol. The third kappa shape index (κ3) is 10.5. The maximum Gasteiger partial charge on any atom is 0.0542 e. The normalized spacial score (nSPS) is 11.4. The number of nitrogens with zero attached hydrogens (tertiary/aromatic N) is 4. The highest BCUT2D eigenvalue weighted by Crippen LogP contribution is 2.44. The molecule has 15 aromatic carbocycles. The van der Waals surface area contributed by atoms with Gasteiger partial charge in [0.15, 0.2) is 0 Å². The Kier molecular flexibility index (Phi) is 14.2. The second kappa shape index (κ2) is 24.0. The summed E-state index contributed by atoms with van der Waals surface area (Å²) in [6.07, 6.45) is 0. The zero-order valence-electron chi connectivity index (χ0n) is 51.6. The zero-order valence-corrected chi connectivity index (χ0v) is 51.6. The van der Waals surface area contributed by atoms with Crippen LogP contribution in [0.15, 0.2) is 376 Å². The highest BCUT2D eigenvalue weighted by molar-refractivity contribution is 6.04. The Morgan fingerprint density at radius 1 is 0.160 bits per heavy atom. The Bertz CT molecular complexity index is 5010. The molecule has 0 amide bonds. The van der Waals surface area contributed by atoms with Crippen LogP contribution < -0.4 is 9.80 Å². The van der Waals surface area contributed by atoms with Crippen molar-refractivity contribution < 1.29 is 0 Å². The first kappa shape index (κ1) is 55.6. The number of anilines is 6. The van der Waals surface area contributed by atoms with E-state index in [0.717, 1.165) is 89.8 Å². The minimum Gasteiger partial charge on any atom is -0.311 e. The van der Waals surface area contributed by atoms with Crippen LogP contribution in [-0.2, 0) is 0 Å². The maximum absolute atomic E-state index is 2.46. The highest BCUT2D eigenvalue weighted by atomic mass is 15.1. The quantitative estimate of drug-likeness (QED) is 0.108. The molecule has 0 aliphatic carbocycles. The summed E-state index contributed by atoms with van der Waals surface area (Å²) in [6.45, 7) is 0. The van der Waals surface area contributed by atoms with Crippen LogP contribution in [0.5, 0.6) is 0 Å². The van der Waals surface area contributed by atoms with Crippen LogP contribution in [0.25, 0.3) is 122 Å². The van der Waals surface area contributed by atoms with Gasteiger partial charge in [-0.25, -0.2) is 0 Å². The van der Waals surface area contributed by atoms with Gasteiger partial charge in [-0.1, -0.05) is 243 Å². The van der Waals surface area contributed by atoms with Crippen molar-refractivity contribution in [3.05, 3.63) is 376 Å². The summed E-state index contributed by atoms with van der Waals surface area (Å²) in [7, 11) is 0. The lowest BCUT2D eigenvalue weighted by molar-refractivity contribution is 1.13. The van der Waals surface area contributed by atoms with Crippen molar-refractivity contribution in [3.8, 4) is 78.4 Å². The molecule has 442 valence electrons. The van der Waals surface area contributed by atoms with Gasteiger partial charge in [0.1, 0.15) is 0 Å². The third-order valence-electron chi connectivity index (χ3n) is 18.5. The van der Waals surface area contributed by atoms with Gasteiger partial charge in [0.2, 0.25) is 0 Å². The Morgan fingerprint density at radius 2 is 0.394 bits per heavy atom. The van der Waals surface area contributed by atoms with Crippen LogP contribution in [0, 0.1) is 0 Å². The van der Waals surface area contributed by atoms with E-state index >= 15 is 0 Å². The molecule has 94 heavy (non-hydrogen) atoms. The predicted molar refractivity (Wildman–Crippen MR) is 397 cm³/mol. The molecule has 2 heterocycles. The van der Waals surface area contributed by atoms with E-state index < -0.39 is 0 Å². The maximum atomic E-state index is 2.46. The third-order valence-corrected chi connectivity index (χ3v) is 18.5. The van der Waals surface area contributed by atoms with E-state index in [1.165, 1.54) is 66.1 Å². The minimum atomic E-state index is 1.06. The van der Waals surface area contributed by atoms with Gasteiger partial charge in [0.25, 0.3) is 0 Å². The van der Waals surface area contributed by atoms with Crippen molar-refractivity contribution >= 4 is 77.5 Å². The van der Waals surface area contributed by atoms with Crippen LogP contribution in [-0.4, -0.2) is 9.13 Å².